The molecule has 0 fully saturated rings. The van der Waals surface area contributed by atoms with Gasteiger partial charge in [0.25, 0.3) is 11.3 Å². The van der Waals surface area contributed by atoms with Gasteiger partial charge in [-0.15, -0.1) is 0 Å². The summed E-state index contributed by atoms with van der Waals surface area (Å²) in [6.45, 7) is 3.78. The molecule has 0 radical (unpaired) electrons. The number of hydrogen-bond donors (Lipinski definition) is 1. The van der Waals surface area contributed by atoms with Crippen LogP contribution in [0, 0.1) is 0 Å². The molecule has 2 aromatic carbocycles. The molecule has 3 rings (SSSR count). The quantitative estimate of drug-likeness (QED) is 0.417. The van der Waals surface area contributed by atoms with Gasteiger partial charge in [0.1, 0.15) is 0 Å². The van der Waals surface area contributed by atoms with Crippen molar-refractivity contribution >= 4 is 46.0 Å². The van der Waals surface area contributed by atoms with Gasteiger partial charge in [0.05, 0.1) is 16.7 Å². The summed E-state index contributed by atoms with van der Waals surface area (Å²) >= 11 is 1.63. The van der Waals surface area contributed by atoms with Crippen LogP contribution in [0.1, 0.15) is 19.9 Å². The Labute approximate surface area is 174 Å². The van der Waals surface area contributed by atoms with Gasteiger partial charge in [-0.2, -0.15) is 8.78 Å². The zero-order valence-electron chi connectivity index (χ0n) is 15.8. The molecule has 0 atom stereocenters. The second-order valence-electron chi connectivity index (χ2n) is 6.42. The highest BCUT2D eigenvalue weighted by atomic mass is 32.2. The van der Waals surface area contributed by atoms with E-state index in [0.717, 1.165) is 0 Å². The molecule has 1 amide bonds. The third-order valence-corrected chi connectivity index (χ3v) is 5.66. The predicted octanol–water partition coefficient (Wildman–Crippen LogP) is 5.02. The van der Waals surface area contributed by atoms with Crippen molar-refractivity contribution in [3.63, 3.8) is 0 Å². The topological polar surface area (TPSA) is 64.0 Å². The molecule has 0 saturated heterocycles. The second kappa shape index (κ2) is 9.41. The van der Waals surface area contributed by atoms with Crippen LogP contribution in [0.25, 0.3) is 10.9 Å². The molecule has 5 nitrogen and oxygen atoms in total. The Kier molecular flexibility index (Phi) is 6.92. The second-order valence-corrected chi connectivity index (χ2v) is 8.43. The minimum Gasteiger partial charge on any atom is -0.325 e. The number of rotatable bonds is 7. The van der Waals surface area contributed by atoms with Crippen molar-refractivity contribution in [1.29, 1.82) is 0 Å². The molecule has 1 N–H and O–H groups in total. The highest BCUT2D eigenvalue weighted by Crippen LogP contribution is 2.26. The van der Waals surface area contributed by atoms with Crippen LogP contribution in [0.2, 0.25) is 0 Å². The maximum Gasteiger partial charge on any atom is 0.288 e. The van der Waals surface area contributed by atoms with Crippen molar-refractivity contribution in [3.05, 3.63) is 58.9 Å². The summed E-state index contributed by atoms with van der Waals surface area (Å²) in [6, 6.07) is 13.2. The zero-order chi connectivity index (χ0) is 21.0. The number of anilines is 1. The summed E-state index contributed by atoms with van der Waals surface area (Å²) < 4.78 is 26.3. The molecular formula is C20H19F2N3O2S2. The van der Waals surface area contributed by atoms with E-state index in [2.05, 4.69) is 10.3 Å². The number of nitrogens with one attached hydrogen (secondary N) is 1. The Morgan fingerprint density at radius 2 is 1.83 bits per heavy atom. The third kappa shape index (κ3) is 5.36. The van der Waals surface area contributed by atoms with Crippen LogP contribution in [0.4, 0.5) is 14.5 Å². The third-order valence-electron chi connectivity index (χ3n) is 3.99. The SMILES string of the molecule is CC(C)n1c(SCC(=O)Nc2ccc(SC(F)F)cc2)nc2ccccc2c1=O. The van der Waals surface area contributed by atoms with Gasteiger partial charge in [0, 0.05) is 16.6 Å². The number of carbonyl (C=O) groups excluding carboxylic acids is 1. The van der Waals surface area contributed by atoms with E-state index < -0.39 is 5.76 Å². The monoisotopic (exact) mass is 435 g/mol. The summed E-state index contributed by atoms with van der Waals surface area (Å²) in [5, 5.41) is 3.73. The molecule has 152 valence electrons. The Balaban J connectivity index is 1.72. The van der Waals surface area contributed by atoms with Crippen molar-refractivity contribution in [2.45, 2.75) is 35.7 Å². The highest BCUT2D eigenvalue weighted by Gasteiger charge is 2.15. The molecule has 1 aromatic heterocycles. The van der Waals surface area contributed by atoms with Gasteiger partial charge in [-0.3, -0.25) is 14.2 Å². The normalized spacial score (nSPS) is 11.4. The number of fused-ring (bicyclic) bond motifs is 1. The molecule has 3 aromatic rings. The van der Waals surface area contributed by atoms with Crippen molar-refractivity contribution in [3.8, 4) is 0 Å². The predicted molar refractivity (Wildman–Crippen MR) is 114 cm³/mol. The first kappa shape index (κ1) is 21.3. The standard InChI is InChI=1S/C20H19F2N3O2S2/c1-12(2)25-18(27)15-5-3-4-6-16(15)24-20(25)28-11-17(26)23-13-7-9-14(10-8-13)29-19(21)22/h3-10,12,19H,11H2,1-2H3,(H,23,26). The lowest BCUT2D eigenvalue weighted by Gasteiger charge is -2.16. The number of thioether (sulfide) groups is 2. The van der Waals surface area contributed by atoms with Crippen LogP contribution in [-0.4, -0.2) is 27.0 Å². The lowest BCUT2D eigenvalue weighted by atomic mass is 10.2. The van der Waals surface area contributed by atoms with E-state index in [-0.39, 0.29) is 23.3 Å². The fourth-order valence-electron chi connectivity index (χ4n) is 2.73. The van der Waals surface area contributed by atoms with Crippen molar-refractivity contribution < 1.29 is 13.6 Å². The van der Waals surface area contributed by atoms with E-state index in [4.69, 9.17) is 0 Å². The number of hydrogen-bond acceptors (Lipinski definition) is 5. The minimum atomic E-state index is -2.49. The number of benzene rings is 2. The van der Waals surface area contributed by atoms with E-state index in [1.54, 1.807) is 34.9 Å². The Bertz CT molecular complexity index is 1070. The molecular weight excluding hydrogens is 416 g/mol. The smallest absolute Gasteiger partial charge is 0.288 e. The van der Waals surface area contributed by atoms with Gasteiger partial charge in [-0.25, -0.2) is 4.98 Å². The number of halogens is 2. The Hall–Kier alpha value is -2.39. The summed E-state index contributed by atoms with van der Waals surface area (Å²) in [4.78, 5) is 30.1. The van der Waals surface area contributed by atoms with Gasteiger partial charge in [0.15, 0.2) is 5.16 Å². The van der Waals surface area contributed by atoms with Crippen molar-refractivity contribution in [2.75, 3.05) is 11.1 Å². The van der Waals surface area contributed by atoms with Gasteiger partial charge in [-0.1, -0.05) is 35.7 Å². The first-order valence-electron chi connectivity index (χ1n) is 8.84. The molecule has 0 unspecified atom stereocenters. The van der Waals surface area contributed by atoms with E-state index in [1.807, 2.05) is 19.9 Å². The maximum atomic E-state index is 12.8. The van der Waals surface area contributed by atoms with Gasteiger partial charge in [0.2, 0.25) is 5.91 Å². The first-order chi connectivity index (χ1) is 13.8. The molecule has 0 aliphatic heterocycles. The number of carbonyl (C=O) groups is 1. The zero-order valence-corrected chi connectivity index (χ0v) is 17.4. The van der Waals surface area contributed by atoms with Crippen LogP contribution in [0.5, 0.6) is 0 Å². The molecule has 9 heteroatoms. The molecule has 0 bridgehead atoms. The maximum absolute atomic E-state index is 12.8. The largest absolute Gasteiger partial charge is 0.325 e. The Morgan fingerprint density at radius 1 is 1.14 bits per heavy atom. The molecule has 0 aliphatic rings. The molecule has 29 heavy (non-hydrogen) atoms. The number of para-hydroxylation sites is 1. The van der Waals surface area contributed by atoms with Gasteiger partial charge < -0.3 is 5.32 Å². The van der Waals surface area contributed by atoms with Crippen molar-refractivity contribution in [2.24, 2.45) is 0 Å². The van der Waals surface area contributed by atoms with E-state index in [1.165, 1.54) is 23.9 Å². The molecule has 1 heterocycles. The van der Waals surface area contributed by atoms with Crippen LogP contribution >= 0.6 is 23.5 Å². The molecule has 0 spiro atoms. The summed E-state index contributed by atoms with van der Waals surface area (Å²) in [5.74, 6) is -2.70. The molecule has 0 saturated carbocycles. The average Bonchev–Trinajstić information content (AvgIpc) is 2.67. The number of nitrogens with zero attached hydrogens (tertiary/aromatic N) is 2. The fourth-order valence-corrected chi connectivity index (χ4v) is 4.16. The minimum absolute atomic E-state index is 0.0606. The lowest BCUT2D eigenvalue weighted by molar-refractivity contribution is -0.113. The van der Waals surface area contributed by atoms with E-state index in [9.17, 15) is 18.4 Å². The fraction of sp³-hybridized carbons (Fsp3) is 0.250. The number of aromatic nitrogens is 2. The van der Waals surface area contributed by atoms with Gasteiger partial charge >= 0.3 is 0 Å². The van der Waals surface area contributed by atoms with E-state index in [0.29, 0.717) is 38.4 Å². The summed E-state index contributed by atoms with van der Waals surface area (Å²) in [6.07, 6.45) is 0. The van der Waals surface area contributed by atoms with Crippen molar-refractivity contribution in [1.82, 2.24) is 9.55 Å². The summed E-state index contributed by atoms with van der Waals surface area (Å²) in [7, 11) is 0. The van der Waals surface area contributed by atoms with Gasteiger partial charge in [-0.05, 0) is 50.2 Å². The van der Waals surface area contributed by atoms with E-state index >= 15 is 0 Å². The summed E-state index contributed by atoms with van der Waals surface area (Å²) in [5.41, 5.74) is 0.965. The van der Waals surface area contributed by atoms with Crippen LogP contribution in [-0.2, 0) is 4.79 Å². The average molecular weight is 436 g/mol. The molecule has 0 aliphatic carbocycles. The Morgan fingerprint density at radius 3 is 2.48 bits per heavy atom. The first-order valence-corrected chi connectivity index (χ1v) is 10.7. The van der Waals surface area contributed by atoms with Crippen LogP contribution < -0.4 is 10.9 Å². The number of amides is 1. The van der Waals surface area contributed by atoms with Crippen LogP contribution in [0.3, 0.4) is 0 Å². The van der Waals surface area contributed by atoms with Crippen LogP contribution in [0.15, 0.2) is 63.4 Å². The highest BCUT2D eigenvalue weighted by molar-refractivity contribution is 8.00. The lowest BCUT2D eigenvalue weighted by Crippen LogP contribution is -2.25. The number of alkyl halides is 2.